The van der Waals surface area contributed by atoms with E-state index in [2.05, 4.69) is 10.3 Å². The zero-order valence-electron chi connectivity index (χ0n) is 11.3. The summed E-state index contributed by atoms with van der Waals surface area (Å²) < 4.78 is 0. The van der Waals surface area contributed by atoms with Gasteiger partial charge in [0.05, 0.1) is 12.1 Å². The molecule has 0 saturated carbocycles. The van der Waals surface area contributed by atoms with Gasteiger partial charge in [-0.05, 0) is 36.8 Å². The number of thiophene rings is 1. The third-order valence-electron chi connectivity index (χ3n) is 2.85. The third kappa shape index (κ3) is 3.39. The second-order valence-electron chi connectivity index (χ2n) is 4.49. The molecule has 2 N–H and O–H groups in total. The van der Waals surface area contributed by atoms with Crippen LogP contribution >= 0.6 is 23.1 Å². The number of thioether (sulfide) groups is 1. The average molecular weight is 308 g/mol. The maximum absolute atomic E-state index is 12.2. The zero-order valence-corrected chi connectivity index (χ0v) is 12.9. The van der Waals surface area contributed by atoms with E-state index in [4.69, 9.17) is 0 Å². The Morgan fingerprint density at radius 2 is 2.30 bits per heavy atom. The monoisotopic (exact) mass is 308 g/mol. The quantitative estimate of drug-likeness (QED) is 0.833. The Balaban J connectivity index is 2.06. The third-order valence-corrected chi connectivity index (χ3v) is 4.69. The van der Waals surface area contributed by atoms with Crippen LogP contribution in [-0.4, -0.2) is 28.8 Å². The Hall–Kier alpha value is -1.37. The summed E-state index contributed by atoms with van der Waals surface area (Å²) in [5.74, 6) is -0.223. The molecule has 0 unspecified atom stereocenters. The fourth-order valence-corrected chi connectivity index (χ4v) is 3.08. The summed E-state index contributed by atoms with van der Waals surface area (Å²) in [4.78, 5) is 17.2. The fraction of sp³-hybridized carbons (Fsp3) is 0.286. The first-order valence-corrected chi connectivity index (χ1v) is 8.18. The van der Waals surface area contributed by atoms with Crippen molar-refractivity contribution in [1.82, 2.24) is 10.3 Å². The van der Waals surface area contributed by atoms with Crippen LogP contribution in [0, 0.1) is 0 Å². The summed E-state index contributed by atoms with van der Waals surface area (Å²) in [6.07, 6.45) is 3.53. The number of nitrogens with zero attached hydrogens (tertiary/aromatic N) is 1. The van der Waals surface area contributed by atoms with Crippen LogP contribution in [0.5, 0.6) is 0 Å². The first-order chi connectivity index (χ1) is 9.54. The van der Waals surface area contributed by atoms with Crippen LogP contribution in [0.25, 0.3) is 0 Å². The minimum atomic E-state index is -1.06. The van der Waals surface area contributed by atoms with Gasteiger partial charge in [0.1, 0.15) is 10.6 Å². The van der Waals surface area contributed by atoms with Crippen molar-refractivity contribution in [2.45, 2.75) is 17.6 Å². The van der Waals surface area contributed by atoms with Gasteiger partial charge in [0.2, 0.25) is 0 Å². The molecule has 0 radical (unpaired) electrons. The minimum Gasteiger partial charge on any atom is -0.383 e. The maximum Gasteiger partial charge on any atom is 0.254 e. The van der Waals surface area contributed by atoms with E-state index in [-0.39, 0.29) is 12.5 Å². The number of aromatic nitrogens is 1. The average Bonchev–Trinajstić information content (AvgIpc) is 3.00. The molecular formula is C14H16N2O2S2. The standard InChI is InChI=1S/C14H16N2O2S2/c1-14(18,11-6-4-8-20-11)9-16-12(17)10-5-3-7-15-13(10)19-2/h3-8,18H,9H2,1-2H3,(H,16,17)/t14-/m1/s1. The second kappa shape index (κ2) is 6.39. The smallest absolute Gasteiger partial charge is 0.254 e. The second-order valence-corrected chi connectivity index (χ2v) is 6.24. The highest BCUT2D eigenvalue weighted by atomic mass is 32.2. The van der Waals surface area contributed by atoms with E-state index >= 15 is 0 Å². The Morgan fingerprint density at radius 1 is 1.50 bits per heavy atom. The van der Waals surface area contributed by atoms with Crippen molar-refractivity contribution in [3.8, 4) is 0 Å². The van der Waals surface area contributed by atoms with Crippen molar-refractivity contribution >= 4 is 29.0 Å². The summed E-state index contributed by atoms with van der Waals surface area (Å²) in [6, 6.07) is 7.19. The number of aliphatic hydroxyl groups is 1. The van der Waals surface area contributed by atoms with Gasteiger partial charge in [0.15, 0.2) is 0 Å². The normalized spacial score (nSPS) is 13.8. The highest BCUT2D eigenvalue weighted by Gasteiger charge is 2.25. The Bertz CT molecular complexity index is 583. The summed E-state index contributed by atoms with van der Waals surface area (Å²) in [5, 5.41) is 15.7. The molecule has 0 aliphatic heterocycles. The number of hydrogen-bond donors (Lipinski definition) is 2. The molecule has 0 aliphatic carbocycles. The Morgan fingerprint density at radius 3 is 2.95 bits per heavy atom. The lowest BCUT2D eigenvalue weighted by Gasteiger charge is -2.22. The van der Waals surface area contributed by atoms with E-state index in [9.17, 15) is 9.90 Å². The molecule has 2 rings (SSSR count). The van der Waals surface area contributed by atoms with Gasteiger partial charge in [0, 0.05) is 11.1 Å². The van der Waals surface area contributed by atoms with Crippen molar-refractivity contribution < 1.29 is 9.90 Å². The van der Waals surface area contributed by atoms with E-state index in [0.29, 0.717) is 10.6 Å². The number of pyridine rings is 1. The van der Waals surface area contributed by atoms with Crippen LogP contribution in [0.3, 0.4) is 0 Å². The molecule has 1 atom stereocenters. The van der Waals surface area contributed by atoms with Crippen LogP contribution < -0.4 is 5.32 Å². The number of rotatable bonds is 5. The van der Waals surface area contributed by atoms with Crippen molar-refractivity contribution in [2.24, 2.45) is 0 Å². The molecule has 106 valence electrons. The molecule has 20 heavy (non-hydrogen) atoms. The maximum atomic E-state index is 12.2. The molecule has 0 spiro atoms. The lowest BCUT2D eigenvalue weighted by atomic mass is 10.1. The van der Waals surface area contributed by atoms with Crippen molar-refractivity contribution in [1.29, 1.82) is 0 Å². The molecule has 4 nitrogen and oxygen atoms in total. The van der Waals surface area contributed by atoms with E-state index in [0.717, 1.165) is 4.88 Å². The minimum absolute atomic E-state index is 0.162. The van der Waals surface area contributed by atoms with Gasteiger partial charge >= 0.3 is 0 Å². The van der Waals surface area contributed by atoms with Gasteiger partial charge in [-0.25, -0.2) is 4.98 Å². The molecule has 2 heterocycles. The number of hydrogen-bond acceptors (Lipinski definition) is 5. The summed E-state index contributed by atoms with van der Waals surface area (Å²) in [6.45, 7) is 1.85. The first kappa shape index (κ1) is 15.0. The molecule has 2 aromatic rings. The van der Waals surface area contributed by atoms with Crippen LogP contribution in [0.15, 0.2) is 40.9 Å². The molecule has 0 saturated heterocycles. The molecule has 0 bridgehead atoms. The highest BCUT2D eigenvalue weighted by molar-refractivity contribution is 7.98. The number of nitrogens with one attached hydrogen (secondary N) is 1. The van der Waals surface area contributed by atoms with E-state index in [1.54, 1.807) is 25.3 Å². The van der Waals surface area contributed by atoms with Gasteiger partial charge in [-0.1, -0.05) is 6.07 Å². The first-order valence-electron chi connectivity index (χ1n) is 6.08. The molecule has 0 aliphatic rings. The highest BCUT2D eigenvalue weighted by Crippen LogP contribution is 2.24. The van der Waals surface area contributed by atoms with E-state index in [1.165, 1.54) is 23.1 Å². The van der Waals surface area contributed by atoms with Gasteiger partial charge < -0.3 is 10.4 Å². The van der Waals surface area contributed by atoms with Crippen molar-refractivity contribution in [3.05, 3.63) is 46.3 Å². The topological polar surface area (TPSA) is 62.2 Å². The van der Waals surface area contributed by atoms with Crippen molar-refractivity contribution in [2.75, 3.05) is 12.8 Å². The summed E-state index contributed by atoms with van der Waals surface area (Å²) in [5.41, 5.74) is -0.534. The largest absolute Gasteiger partial charge is 0.383 e. The number of carbonyl (C=O) groups is 1. The van der Waals surface area contributed by atoms with Crippen LogP contribution in [0.4, 0.5) is 0 Å². The van der Waals surface area contributed by atoms with Gasteiger partial charge in [0.25, 0.3) is 5.91 Å². The van der Waals surface area contributed by atoms with Crippen LogP contribution in [0.1, 0.15) is 22.2 Å². The molecular weight excluding hydrogens is 292 g/mol. The molecule has 6 heteroatoms. The van der Waals surface area contributed by atoms with Gasteiger partial charge in [-0.3, -0.25) is 4.79 Å². The Labute approximate surface area is 126 Å². The molecule has 2 aromatic heterocycles. The SMILES string of the molecule is CSc1ncccc1C(=O)NC[C@@](C)(O)c1cccs1. The zero-order chi connectivity index (χ0) is 14.6. The number of carbonyl (C=O) groups excluding carboxylic acids is 1. The predicted molar refractivity (Wildman–Crippen MR) is 82.2 cm³/mol. The Kier molecular flexibility index (Phi) is 4.80. The van der Waals surface area contributed by atoms with E-state index < -0.39 is 5.60 Å². The van der Waals surface area contributed by atoms with Gasteiger partial charge in [-0.15, -0.1) is 23.1 Å². The lowest BCUT2D eigenvalue weighted by molar-refractivity contribution is 0.0555. The predicted octanol–water partition coefficient (Wildman–Crippen LogP) is 2.50. The lowest BCUT2D eigenvalue weighted by Crippen LogP contribution is -2.38. The van der Waals surface area contributed by atoms with Crippen LogP contribution in [-0.2, 0) is 5.60 Å². The van der Waals surface area contributed by atoms with Gasteiger partial charge in [-0.2, -0.15) is 0 Å². The van der Waals surface area contributed by atoms with Crippen molar-refractivity contribution in [3.63, 3.8) is 0 Å². The summed E-state index contributed by atoms with van der Waals surface area (Å²) >= 11 is 2.89. The molecule has 1 amide bonds. The summed E-state index contributed by atoms with van der Waals surface area (Å²) in [7, 11) is 0. The molecule has 0 aromatic carbocycles. The van der Waals surface area contributed by atoms with E-state index in [1.807, 2.05) is 23.8 Å². The number of amides is 1. The molecule has 0 fully saturated rings. The van der Waals surface area contributed by atoms with Crippen LogP contribution in [0.2, 0.25) is 0 Å². The fourth-order valence-electron chi connectivity index (χ4n) is 1.75.